The average Bonchev–Trinajstić information content (AvgIpc) is 2.44. The summed E-state index contributed by atoms with van der Waals surface area (Å²) in [6, 6.07) is 6.09. The van der Waals surface area contributed by atoms with Gasteiger partial charge in [-0.05, 0) is 50.6 Å². The lowest BCUT2D eigenvalue weighted by molar-refractivity contribution is -0.140. The molecule has 1 aliphatic heterocycles. The van der Waals surface area contributed by atoms with E-state index in [2.05, 4.69) is 18.0 Å². The van der Waals surface area contributed by atoms with Gasteiger partial charge in [-0.2, -0.15) is 0 Å². The molecule has 0 saturated carbocycles. The first-order valence-corrected chi connectivity index (χ1v) is 7.72. The number of hydrogen-bond donors (Lipinski definition) is 0. The molecule has 0 bridgehead atoms. The average molecular weight is 290 g/mol. The minimum absolute atomic E-state index is 0.116. The zero-order chi connectivity index (χ0) is 15.4. The van der Waals surface area contributed by atoms with Crippen LogP contribution in [-0.4, -0.2) is 55.0 Å². The number of benzene rings is 1. The molecule has 0 aromatic heterocycles. The number of ether oxygens (including phenoxy) is 1. The molecule has 4 nitrogen and oxygen atoms in total. The third-order valence-electron chi connectivity index (χ3n) is 3.93. The van der Waals surface area contributed by atoms with Crippen molar-refractivity contribution < 1.29 is 9.53 Å². The Kier molecular flexibility index (Phi) is 5.23. The summed E-state index contributed by atoms with van der Waals surface area (Å²) in [6.07, 6.45) is 0.313. The third-order valence-corrected chi connectivity index (χ3v) is 3.93. The Bertz CT molecular complexity index is 473. The summed E-state index contributed by atoms with van der Waals surface area (Å²) < 4.78 is 5.96. The molecular weight excluding hydrogens is 264 g/mol. The molecule has 0 radical (unpaired) electrons. The maximum Gasteiger partial charge on any atom is 0.263 e. The topological polar surface area (TPSA) is 32.8 Å². The largest absolute Gasteiger partial charge is 0.481 e. The molecule has 0 spiro atoms. The van der Waals surface area contributed by atoms with Gasteiger partial charge in [0.15, 0.2) is 6.10 Å². The van der Waals surface area contributed by atoms with Crippen molar-refractivity contribution in [3.8, 4) is 5.75 Å². The van der Waals surface area contributed by atoms with Crippen LogP contribution in [0.1, 0.15) is 24.5 Å². The SMILES string of the molecule is CCC(Oc1cc(C)cc(C)c1)C(=O)N1CCN(C)CC1. The summed E-state index contributed by atoms with van der Waals surface area (Å²) in [5.74, 6) is 0.909. The zero-order valence-electron chi connectivity index (χ0n) is 13.6. The van der Waals surface area contributed by atoms with E-state index in [1.165, 1.54) is 0 Å². The third kappa shape index (κ3) is 4.21. The first-order valence-electron chi connectivity index (χ1n) is 7.72. The van der Waals surface area contributed by atoms with Gasteiger partial charge >= 0.3 is 0 Å². The smallest absolute Gasteiger partial charge is 0.263 e. The van der Waals surface area contributed by atoms with Crippen molar-refractivity contribution >= 4 is 5.91 Å². The van der Waals surface area contributed by atoms with E-state index in [4.69, 9.17) is 4.74 Å². The first-order chi connectivity index (χ1) is 9.99. The van der Waals surface area contributed by atoms with E-state index in [0.717, 1.165) is 43.1 Å². The highest BCUT2D eigenvalue weighted by Crippen LogP contribution is 2.19. The molecule has 1 fully saturated rings. The molecule has 1 aromatic carbocycles. The summed E-state index contributed by atoms with van der Waals surface area (Å²) in [5.41, 5.74) is 2.32. The Morgan fingerprint density at radius 2 is 1.71 bits per heavy atom. The van der Waals surface area contributed by atoms with Crippen LogP contribution in [0.25, 0.3) is 0 Å². The van der Waals surface area contributed by atoms with Gasteiger partial charge in [-0.15, -0.1) is 0 Å². The van der Waals surface area contributed by atoms with Gasteiger partial charge in [0.1, 0.15) is 5.75 Å². The standard InChI is InChI=1S/C17H26N2O2/c1-5-16(17(20)19-8-6-18(4)7-9-19)21-15-11-13(2)10-14(3)12-15/h10-12,16H,5-9H2,1-4H3. The molecule has 4 heteroatoms. The van der Waals surface area contributed by atoms with E-state index >= 15 is 0 Å². The van der Waals surface area contributed by atoms with Crippen LogP contribution in [0.15, 0.2) is 18.2 Å². The van der Waals surface area contributed by atoms with Gasteiger partial charge in [0.05, 0.1) is 0 Å². The van der Waals surface area contributed by atoms with E-state index in [-0.39, 0.29) is 12.0 Å². The van der Waals surface area contributed by atoms with Gasteiger partial charge < -0.3 is 14.5 Å². The number of aryl methyl sites for hydroxylation is 2. The fourth-order valence-electron chi connectivity index (χ4n) is 2.70. The maximum atomic E-state index is 12.6. The van der Waals surface area contributed by atoms with Crippen LogP contribution < -0.4 is 4.74 Å². The quantitative estimate of drug-likeness (QED) is 0.852. The monoisotopic (exact) mass is 290 g/mol. The number of carbonyl (C=O) groups is 1. The molecule has 1 aliphatic rings. The van der Waals surface area contributed by atoms with Crippen LogP contribution in [0.3, 0.4) is 0 Å². The van der Waals surface area contributed by atoms with Crippen LogP contribution in [0.2, 0.25) is 0 Å². The molecular formula is C17H26N2O2. The van der Waals surface area contributed by atoms with Gasteiger partial charge in [0, 0.05) is 26.2 Å². The Hall–Kier alpha value is -1.55. The minimum Gasteiger partial charge on any atom is -0.481 e. The van der Waals surface area contributed by atoms with Gasteiger partial charge in [0.2, 0.25) is 0 Å². The summed E-state index contributed by atoms with van der Waals surface area (Å²) in [6.45, 7) is 9.55. The Morgan fingerprint density at radius 1 is 1.14 bits per heavy atom. The van der Waals surface area contributed by atoms with Gasteiger partial charge in [-0.25, -0.2) is 0 Å². The lowest BCUT2D eigenvalue weighted by Crippen LogP contribution is -2.51. The van der Waals surface area contributed by atoms with E-state index in [1.807, 2.05) is 37.8 Å². The molecule has 116 valence electrons. The molecule has 1 aromatic rings. The van der Waals surface area contributed by atoms with E-state index in [0.29, 0.717) is 6.42 Å². The van der Waals surface area contributed by atoms with Crippen molar-refractivity contribution in [1.29, 1.82) is 0 Å². The summed E-state index contributed by atoms with van der Waals surface area (Å²) in [4.78, 5) is 16.8. The number of amides is 1. The number of likely N-dealkylation sites (N-methyl/N-ethyl adjacent to an activating group) is 1. The van der Waals surface area contributed by atoms with E-state index in [9.17, 15) is 4.79 Å². The van der Waals surface area contributed by atoms with Crippen molar-refractivity contribution in [3.05, 3.63) is 29.3 Å². The van der Waals surface area contributed by atoms with Crippen molar-refractivity contribution in [2.45, 2.75) is 33.3 Å². The van der Waals surface area contributed by atoms with Crippen LogP contribution in [0.4, 0.5) is 0 Å². The molecule has 0 N–H and O–H groups in total. The highest BCUT2D eigenvalue weighted by Gasteiger charge is 2.26. The lowest BCUT2D eigenvalue weighted by atomic mass is 10.1. The molecule has 1 saturated heterocycles. The summed E-state index contributed by atoms with van der Waals surface area (Å²) >= 11 is 0. The van der Waals surface area contributed by atoms with Crippen molar-refractivity contribution in [3.63, 3.8) is 0 Å². The highest BCUT2D eigenvalue weighted by molar-refractivity contribution is 5.81. The Morgan fingerprint density at radius 3 is 2.24 bits per heavy atom. The number of piperazine rings is 1. The maximum absolute atomic E-state index is 12.6. The van der Waals surface area contributed by atoms with Crippen LogP contribution >= 0.6 is 0 Å². The summed E-state index contributed by atoms with van der Waals surface area (Å²) in [7, 11) is 2.09. The molecule has 1 unspecified atom stereocenters. The fourth-order valence-corrected chi connectivity index (χ4v) is 2.70. The molecule has 0 aliphatic carbocycles. The van der Waals surface area contributed by atoms with E-state index < -0.39 is 0 Å². The van der Waals surface area contributed by atoms with Crippen LogP contribution in [0, 0.1) is 13.8 Å². The highest BCUT2D eigenvalue weighted by atomic mass is 16.5. The number of carbonyl (C=O) groups excluding carboxylic acids is 1. The predicted octanol–water partition coefficient (Wildman–Crippen LogP) is 2.23. The molecule has 1 atom stereocenters. The van der Waals surface area contributed by atoms with Crippen LogP contribution in [0.5, 0.6) is 5.75 Å². The molecule has 2 rings (SSSR count). The van der Waals surface area contributed by atoms with Crippen LogP contribution in [-0.2, 0) is 4.79 Å². The van der Waals surface area contributed by atoms with Crippen molar-refractivity contribution in [1.82, 2.24) is 9.80 Å². The molecule has 1 amide bonds. The first kappa shape index (κ1) is 15.8. The van der Waals surface area contributed by atoms with E-state index in [1.54, 1.807) is 0 Å². The second-order valence-corrected chi connectivity index (χ2v) is 5.97. The van der Waals surface area contributed by atoms with Gasteiger partial charge in [0.25, 0.3) is 5.91 Å². The molecule has 1 heterocycles. The lowest BCUT2D eigenvalue weighted by Gasteiger charge is -2.34. The zero-order valence-corrected chi connectivity index (χ0v) is 13.6. The van der Waals surface area contributed by atoms with Crippen molar-refractivity contribution in [2.24, 2.45) is 0 Å². The fraction of sp³-hybridized carbons (Fsp3) is 0.588. The second kappa shape index (κ2) is 6.94. The summed E-state index contributed by atoms with van der Waals surface area (Å²) in [5, 5.41) is 0. The normalized spacial score (nSPS) is 17.6. The number of nitrogens with zero attached hydrogens (tertiary/aromatic N) is 2. The number of hydrogen-bond acceptors (Lipinski definition) is 3. The molecule has 21 heavy (non-hydrogen) atoms. The number of rotatable bonds is 4. The second-order valence-electron chi connectivity index (χ2n) is 5.97. The van der Waals surface area contributed by atoms with Gasteiger partial charge in [-0.1, -0.05) is 13.0 Å². The van der Waals surface area contributed by atoms with Crippen molar-refractivity contribution in [2.75, 3.05) is 33.2 Å². The van der Waals surface area contributed by atoms with Gasteiger partial charge in [-0.3, -0.25) is 4.79 Å². The predicted molar refractivity (Wildman–Crippen MR) is 84.7 cm³/mol. The Labute approximate surface area is 127 Å². The Balaban J connectivity index is 2.03. The minimum atomic E-state index is -0.380.